The topological polar surface area (TPSA) is 55.1 Å². The Morgan fingerprint density at radius 1 is 1.24 bits per heavy atom. The molecule has 110 valence electrons. The van der Waals surface area contributed by atoms with Crippen molar-refractivity contribution in [2.75, 3.05) is 11.5 Å². The predicted molar refractivity (Wildman–Crippen MR) is 84.6 cm³/mol. The SMILES string of the molecule is Cc1ccc(CNC(=O)CSc2ccc(N)cc2F)cc1. The number of thioether (sulfide) groups is 1. The van der Waals surface area contributed by atoms with E-state index in [4.69, 9.17) is 5.73 Å². The van der Waals surface area contributed by atoms with Gasteiger partial charge >= 0.3 is 0 Å². The highest BCUT2D eigenvalue weighted by atomic mass is 32.2. The van der Waals surface area contributed by atoms with Crippen molar-refractivity contribution in [1.29, 1.82) is 0 Å². The molecule has 0 saturated carbocycles. The summed E-state index contributed by atoms with van der Waals surface area (Å²) < 4.78 is 13.6. The molecule has 0 heterocycles. The van der Waals surface area contributed by atoms with E-state index in [-0.39, 0.29) is 11.7 Å². The Hall–Kier alpha value is -2.01. The van der Waals surface area contributed by atoms with Crippen LogP contribution in [0.2, 0.25) is 0 Å². The van der Waals surface area contributed by atoms with Crippen LogP contribution in [0.1, 0.15) is 11.1 Å². The molecule has 0 spiro atoms. The highest BCUT2D eigenvalue weighted by molar-refractivity contribution is 8.00. The van der Waals surface area contributed by atoms with E-state index >= 15 is 0 Å². The average Bonchev–Trinajstić information content (AvgIpc) is 2.46. The second kappa shape index (κ2) is 7.13. The van der Waals surface area contributed by atoms with Gasteiger partial charge < -0.3 is 11.1 Å². The number of rotatable bonds is 5. The molecule has 0 radical (unpaired) electrons. The Balaban J connectivity index is 1.80. The first kappa shape index (κ1) is 15.4. The number of anilines is 1. The number of nitrogen functional groups attached to an aromatic ring is 1. The van der Waals surface area contributed by atoms with Gasteiger partial charge in [0.2, 0.25) is 5.91 Å². The van der Waals surface area contributed by atoms with Gasteiger partial charge in [0.05, 0.1) is 5.75 Å². The second-order valence-electron chi connectivity index (χ2n) is 4.74. The van der Waals surface area contributed by atoms with Crippen molar-refractivity contribution in [3.63, 3.8) is 0 Å². The maximum Gasteiger partial charge on any atom is 0.230 e. The van der Waals surface area contributed by atoms with E-state index in [1.54, 1.807) is 12.1 Å². The first-order chi connectivity index (χ1) is 10.0. The quantitative estimate of drug-likeness (QED) is 0.659. The summed E-state index contributed by atoms with van der Waals surface area (Å²) in [5.74, 6) is -0.352. The standard InChI is InChI=1S/C16H17FN2OS/c1-11-2-4-12(5-3-11)9-19-16(20)10-21-15-7-6-13(18)8-14(15)17/h2-8H,9-10,18H2,1H3,(H,19,20). The van der Waals surface area contributed by atoms with Crippen molar-refractivity contribution in [1.82, 2.24) is 5.32 Å². The van der Waals surface area contributed by atoms with Gasteiger partial charge in [0.25, 0.3) is 0 Å². The van der Waals surface area contributed by atoms with Crippen LogP contribution in [-0.4, -0.2) is 11.7 Å². The van der Waals surface area contributed by atoms with E-state index < -0.39 is 5.82 Å². The summed E-state index contributed by atoms with van der Waals surface area (Å²) >= 11 is 1.16. The fraction of sp³-hybridized carbons (Fsp3) is 0.188. The van der Waals surface area contributed by atoms with E-state index in [1.165, 1.54) is 11.6 Å². The van der Waals surface area contributed by atoms with Gasteiger partial charge in [-0.15, -0.1) is 11.8 Å². The Bertz CT molecular complexity index is 629. The number of nitrogens with one attached hydrogen (secondary N) is 1. The molecule has 0 saturated heterocycles. The molecular formula is C16H17FN2OS. The largest absolute Gasteiger partial charge is 0.399 e. The van der Waals surface area contributed by atoms with Gasteiger partial charge in [0, 0.05) is 17.1 Å². The van der Waals surface area contributed by atoms with Crippen molar-refractivity contribution in [3.05, 3.63) is 59.4 Å². The summed E-state index contributed by atoms with van der Waals surface area (Å²) in [6, 6.07) is 12.4. The molecule has 2 aromatic carbocycles. The van der Waals surface area contributed by atoms with Crippen molar-refractivity contribution < 1.29 is 9.18 Å². The number of nitrogens with two attached hydrogens (primary N) is 1. The molecule has 2 rings (SSSR count). The van der Waals surface area contributed by atoms with Crippen molar-refractivity contribution in [2.24, 2.45) is 0 Å². The monoisotopic (exact) mass is 304 g/mol. The third-order valence-electron chi connectivity index (χ3n) is 2.92. The van der Waals surface area contributed by atoms with E-state index in [9.17, 15) is 9.18 Å². The molecule has 0 atom stereocenters. The molecule has 3 N–H and O–H groups in total. The zero-order valence-corrected chi connectivity index (χ0v) is 12.5. The Morgan fingerprint density at radius 2 is 1.95 bits per heavy atom. The van der Waals surface area contributed by atoms with Gasteiger partial charge in [-0.25, -0.2) is 4.39 Å². The van der Waals surface area contributed by atoms with E-state index in [1.807, 2.05) is 31.2 Å². The molecule has 0 bridgehead atoms. The lowest BCUT2D eigenvalue weighted by molar-refractivity contribution is -0.118. The highest BCUT2D eigenvalue weighted by Crippen LogP contribution is 2.23. The van der Waals surface area contributed by atoms with Gasteiger partial charge in [0.1, 0.15) is 5.82 Å². The van der Waals surface area contributed by atoms with E-state index in [0.29, 0.717) is 17.1 Å². The molecule has 3 nitrogen and oxygen atoms in total. The van der Waals surface area contributed by atoms with Crippen molar-refractivity contribution in [3.8, 4) is 0 Å². The number of hydrogen-bond donors (Lipinski definition) is 2. The number of benzene rings is 2. The second-order valence-corrected chi connectivity index (χ2v) is 5.76. The zero-order valence-electron chi connectivity index (χ0n) is 11.7. The molecule has 2 aromatic rings. The van der Waals surface area contributed by atoms with Crippen molar-refractivity contribution in [2.45, 2.75) is 18.4 Å². The van der Waals surface area contributed by atoms with Crippen LogP contribution in [-0.2, 0) is 11.3 Å². The Kier molecular flexibility index (Phi) is 5.22. The minimum atomic E-state index is -0.397. The number of aryl methyl sites for hydroxylation is 1. The lowest BCUT2D eigenvalue weighted by atomic mass is 10.1. The predicted octanol–water partition coefficient (Wildman–Crippen LogP) is 3.12. The first-order valence-corrected chi connectivity index (χ1v) is 7.53. The molecule has 21 heavy (non-hydrogen) atoms. The van der Waals surface area contributed by atoms with Crippen LogP contribution in [0, 0.1) is 12.7 Å². The summed E-state index contributed by atoms with van der Waals surface area (Å²) in [6.45, 7) is 2.49. The minimum absolute atomic E-state index is 0.128. The lowest BCUT2D eigenvalue weighted by Gasteiger charge is -2.06. The smallest absolute Gasteiger partial charge is 0.230 e. The summed E-state index contributed by atoms with van der Waals surface area (Å²) in [7, 11) is 0. The minimum Gasteiger partial charge on any atom is -0.399 e. The van der Waals surface area contributed by atoms with Gasteiger partial charge in [-0.05, 0) is 30.7 Å². The molecule has 0 aromatic heterocycles. The maximum absolute atomic E-state index is 13.6. The number of halogens is 1. The first-order valence-electron chi connectivity index (χ1n) is 6.54. The average molecular weight is 304 g/mol. The summed E-state index contributed by atoms with van der Waals surface area (Å²) in [4.78, 5) is 12.2. The van der Waals surface area contributed by atoms with Crippen LogP contribution in [0.5, 0.6) is 0 Å². The van der Waals surface area contributed by atoms with E-state index in [0.717, 1.165) is 17.3 Å². The normalized spacial score (nSPS) is 10.4. The van der Waals surface area contributed by atoms with Crippen LogP contribution in [0.4, 0.5) is 10.1 Å². The van der Waals surface area contributed by atoms with Crippen LogP contribution in [0.15, 0.2) is 47.4 Å². The zero-order chi connectivity index (χ0) is 15.2. The molecular weight excluding hydrogens is 287 g/mol. The molecule has 1 amide bonds. The molecule has 0 aliphatic heterocycles. The lowest BCUT2D eigenvalue weighted by Crippen LogP contribution is -2.24. The maximum atomic E-state index is 13.6. The van der Waals surface area contributed by atoms with Crippen LogP contribution in [0.3, 0.4) is 0 Å². The third-order valence-corrected chi connectivity index (χ3v) is 3.97. The molecule has 5 heteroatoms. The Morgan fingerprint density at radius 3 is 2.62 bits per heavy atom. The highest BCUT2D eigenvalue weighted by Gasteiger charge is 2.07. The van der Waals surface area contributed by atoms with Crippen LogP contribution < -0.4 is 11.1 Å². The van der Waals surface area contributed by atoms with Crippen LogP contribution in [0.25, 0.3) is 0 Å². The summed E-state index contributed by atoms with van der Waals surface area (Å²) in [5.41, 5.74) is 8.07. The number of carbonyl (C=O) groups is 1. The van der Waals surface area contributed by atoms with Crippen LogP contribution >= 0.6 is 11.8 Å². The number of carbonyl (C=O) groups excluding carboxylic acids is 1. The number of hydrogen-bond acceptors (Lipinski definition) is 3. The van der Waals surface area contributed by atoms with Gasteiger partial charge in [0.15, 0.2) is 0 Å². The molecule has 0 unspecified atom stereocenters. The fourth-order valence-electron chi connectivity index (χ4n) is 1.74. The summed E-state index contributed by atoms with van der Waals surface area (Å²) in [5, 5.41) is 2.81. The van der Waals surface area contributed by atoms with Crippen molar-refractivity contribution >= 4 is 23.4 Å². The third kappa shape index (κ3) is 4.79. The van der Waals surface area contributed by atoms with Gasteiger partial charge in [-0.2, -0.15) is 0 Å². The van der Waals surface area contributed by atoms with Gasteiger partial charge in [-0.1, -0.05) is 29.8 Å². The molecule has 0 aliphatic carbocycles. The molecule has 0 fully saturated rings. The summed E-state index contributed by atoms with van der Waals surface area (Å²) in [6.07, 6.45) is 0. The molecule has 0 aliphatic rings. The van der Waals surface area contributed by atoms with Gasteiger partial charge in [-0.3, -0.25) is 4.79 Å². The Labute approximate surface area is 127 Å². The fourth-order valence-corrected chi connectivity index (χ4v) is 2.48. The number of amides is 1. The van der Waals surface area contributed by atoms with E-state index in [2.05, 4.69) is 5.32 Å².